The van der Waals surface area contributed by atoms with Crippen LogP contribution in [0, 0.1) is 0 Å². The summed E-state index contributed by atoms with van der Waals surface area (Å²) in [6.07, 6.45) is 1.01. The Balaban J connectivity index is 2.40. The number of sulfonamides is 1. The van der Waals surface area contributed by atoms with E-state index < -0.39 is 25.9 Å². The SMILES string of the molecule is CCCN(C1CCS(=O)(=O)C1)S(=O)(=O)c1ccccc1Br. The molecule has 0 aliphatic carbocycles. The number of nitrogens with zero attached hydrogens (tertiary/aromatic N) is 1. The molecular weight excluding hydrogens is 378 g/mol. The normalized spacial score (nSPS) is 21.8. The van der Waals surface area contributed by atoms with Gasteiger partial charge >= 0.3 is 0 Å². The quantitative estimate of drug-likeness (QED) is 0.764. The molecule has 1 aliphatic heterocycles. The Morgan fingerprint density at radius 3 is 2.52 bits per heavy atom. The summed E-state index contributed by atoms with van der Waals surface area (Å²) in [5, 5.41) is 0. The van der Waals surface area contributed by atoms with E-state index in [4.69, 9.17) is 0 Å². The first kappa shape index (κ1) is 16.9. The molecule has 1 heterocycles. The first-order valence-corrected chi connectivity index (χ1v) is 10.8. The molecule has 0 spiro atoms. The smallest absolute Gasteiger partial charge is 0.229 e. The lowest BCUT2D eigenvalue weighted by molar-refractivity contribution is 0.340. The van der Waals surface area contributed by atoms with Crippen molar-refractivity contribution in [2.45, 2.75) is 30.7 Å². The van der Waals surface area contributed by atoms with Gasteiger partial charge in [-0.15, -0.1) is 0 Å². The maximum absolute atomic E-state index is 12.8. The third-order valence-corrected chi connectivity index (χ3v) is 8.20. The van der Waals surface area contributed by atoms with Crippen LogP contribution < -0.4 is 0 Å². The first-order chi connectivity index (χ1) is 9.78. The molecule has 0 N–H and O–H groups in total. The molecule has 8 heteroatoms. The molecule has 1 atom stereocenters. The molecule has 1 aromatic rings. The number of rotatable bonds is 5. The molecule has 118 valence electrons. The Hall–Kier alpha value is -0.440. The van der Waals surface area contributed by atoms with Crippen molar-refractivity contribution in [3.63, 3.8) is 0 Å². The molecule has 5 nitrogen and oxygen atoms in total. The van der Waals surface area contributed by atoms with Gasteiger partial charge in [0, 0.05) is 17.1 Å². The van der Waals surface area contributed by atoms with E-state index in [0.717, 1.165) is 0 Å². The molecule has 1 unspecified atom stereocenters. The second-order valence-electron chi connectivity index (χ2n) is 5.10. The van der Waals surface area contributed by atoms with Crippen LogP contribution in [0.2, 0.25) is 0 Å². The van der Waals surface area contributed by atoms with Crippen molar-refractivity contribution >= 4 is 35.8 Å². The van der Waals surface area contributed by atoms with Crippen molar-refractivity contribution in [2.24, 2.45) is 0 Å². The molecule has 1 saturated heterocycles. The van der Waals surface area contributed by atoms with Crippen LogP contribution in [0.25, 0.3) is 0 Å². The van der Waals surface area contributed by atoms with Gasteiger partial charge in [-0.25, -0.2) is 16.8 Å². The number of hydrogen-bond acceptors (Lipinski definition) is 4. The zero-order chi connectivity index (χ0) is 15.7. The fraction of sp³-hybridized carbons (Fsp3) is 0.538. The highest BCUT2D eigenvalue weighted by Crippen LogP contribution is 2.29. The lowest BCUT2D eigenvalue weighted by atomic mass is 10.2. The molecule has 0 amide bonds. The molecule has 0 radical (unpaired) electrons. The third kappa shape index (κ3) is 3.67. The summed E-state index contributed by atoms with van der Waals surface area (Å²) >= 11 is 3.26. The summed E-state index contributed by atoms with van der Waals surface area (Å²) < 4.78 is 50.8. The lowest BCUT2D eigenvalue weighted by Crippen LogP contribution is -2.41. The van der Waals surface area contributed by atoms with Gasteiger partial charge in [0.15, 0.2) is 9.84 Å². The Kier molecular flexibility index (Phi) is 5.12. The van der Waals surface area contributed by atoms with E-state index in [1.54, 1.807) is 18.2 Å². The van der Waals surface area contributed by atoms with Crippen molar-refractivity contribution in [2.75, 3.05) is 18.1 Å². The van der Waals surface area contributed by atoms with Gasteiger partial charge in [-0.2, -0.15) is 4.31 Å². The van der Waals surface area contributed by atoms with Crippen molar-refractivity contribution in [1.29, 1.82) is 0 Å². The summed E-state index contributed by atoms with van der Waals surface area (Å²) in [5.41, 5.74) is 0. The van der Waals surface area contributed by atoms with Gasteiger partial charge in [0.1, 0.15) is 0 Å². The van der Waals surface area contributed by atoms with Crippen LogP contribution in [0.4, 0.5) is 0 Å². The van der Waals surface area contributed by atoms with Crippen LogP contribution in [-0.4, -0.2) is 45.2 Å². The predicted octanol–water partition coefficient (Wildman–Crippen LogP) is 2.04. The van der Waals surface area contributed by atoms with Gasteiger partial charge in [-0.1, -0.05) is 19.1 Å². The maximum atomic E-state index is 12.8. The molecular formula is C13H18BrNO4S2. The lowest BCUT2D eigenvalue weighted by Gasteiger charge is -2.27. The van der Waals surface area contributed by atoms with Crippen molar-refractivity contribution in [1.82, 2.24) is 4.31 Å². The minimum atomic E-state index is -3.71. The second kappa shape index (κ2) is 6.36. The predicted molar refractivity (Wildman–Crippen MR) is 85.4 cm³/mol. The summed E-state index contributed by atoms with van der Waals surface area (Å²) in [6, 6.07) is 6.14. The van der Waals surface area contributed by atoms with E-state index in [0.29, 0.717) is 23.9 Å². The summed E-state index contributed by atoms with van der Waals surface area (Å²) in [7, 11) is -6.83. The average molecular weight is 396 g/mol. The Labute approximate surface area is 134 Å². The first-order valence-electron chi connectivity index (χ1n) is 6.75. The van der Waals surface area contributed by atoms with E-state index in [1.165, 1.54) is 10.4 Å². The standard InChI is InChI=1S/C13H18BrNO4S2/c1-2-8-15(11-7-9-20(16,17)10-11)21(18,19)13-6-4-3-5-12(13)14/h3-6,11H,2,7-10H2,1H3. The molecule has 1 aliphatic rings. The van der Waals surface area contributed by atoms with E-state index in [2.05, 4.69) is 15.9 Å². The maximum Gasteiger partial charge on any atom is 0.244 e. The fourth-order valence-electron chi connectivity index (χ4n) is 2.50. The average Bonchev–Trinajstić information content (AvgIpc) is 2.76. The van der Waals surface area contributed by atoms with Crippen LogP contribution in [0.15, 0.2) is 33.6 Å². The number of halogens is 1. The van der Waals surface area contributed by atoms with Gasteiger partial charge in [0.25, 0.3) is 0 Å². The van der Waals surface area contributed by atoms with E-state index in [-0.39, 0.29) is 16.4 Å². The van der Waals surface area contributed by atoms with Crippen LogP contribution in [-0.2, 0) is 19.9 Å². The molecule has 0 bridgehead atoms. The molecule has 21 heavy (non-hydrogen) atoms. The fourth-order valence-corrected chi connectivity index (χ4v) is 7.04. The third-order valence-electron chi connectivity index (χ3n) is 3.48. The van der Waals surface area contributed by atoms with E-state index in [1.807, 2.05) is 6.92 Å². The van der Waals surface area contributed by atoms with Crippen molar-refractivity contribution in [3.05, 3.63) is 28.7 Å². The minimum absolute atomic E-state index is 0.0589. The minimum Gasteiger partial charge on any atom is -0.229 e. The van der Waals surface area contributed by atoms with Gasteiger partial charge in [0.05, 0.1) is 16.4 Å². The highest BCUT2D eigenvalue weighted by molar-refractivity contribution is 9.10. The van der Waals surface area contributed by atoms with Crippen molar-refractivity contribution in [3.8, 4) is 0 Å². The van der Waals surface area contributed by atoms with Gasteiger partial charge in [-0.05, 0) is 40.9 Å². The molecule has 1 fully saturated rings. The summed E-state index contributed by atoms with van der Waals surface area (Å²) in [5.74, 6) is -0.0277. The zero-order valence-electron chi connectivity index (χ0n) is 11.7. The Morgan fingerprint density at radius 1 is 1.33 bits per heavy atom. The molecule has 0 saturated carbocycles. The van der Waals surface area contributed by atoms with Gasteiger partial charge < -0.3 is 0 Å². The van der Waals surface area contributed by atoms with Gasteiger partial charge in [0.2, 0.25) is 10.0 Å². The highest BCUT2D eigenvalue weighted by atomic mass is 79.9. The van der Waals surface area contributed by atoms with E-state index in [9.17, 15) is 16.8 Å². The van der Waals surface area contributed by atoms with Crippen molar-refractivity contribution < 1.29 is 16.8 Å². The largest absolute Gasteiger partial charge is 0.244 e. The van der Waals surface area contributed by atoms with Crippen LogP contribution in [0.1, 0.15) is 19.8 Å². The topological polar surface area (TPSA) is 71.5 Å². The highest BCUT2D eigenvalue weighted by Gasteiger charge is 2.38. The number of benzene rings is 1. The molecule has 0 aromatic heterocycles. The summed E-state index contributed by atoms with van der Waals surface area (Å²) in [4.78, 5) is 0.183. The zero-order valence-corrected chi connectivity index (χ0v) is 14.9. The van der Waals surface area contributed by atoms with Crippen LogP contribution in [0.5, 0.6) is 0 Å². The van der Waals surface area contributed by atoms with Gasteiger partial charge in [-0.3, -0.25) is 0 Å². The Bertz CT molecular complexity index is 715. The molecule has 1 aromatic carbocycles. The Morgan fingerprint density at radius 2 is 2.00 bits per heavy atom. The van der Waals surface area contributed by atoms with Crippen LogP contribution >= 0.6 is 15.9 Å². The molecule has 2 rings (SSSR count). The van der Waals surface area contributed by atoms with Crippen LogP contribution in [0.3, 0.4) is 0 Å². The monoisotopic (exact) mass is 395 g/mol. The number of hydrogen-bond donors (Lipinski definition) is 0. The van der Waals surface area contributed by atoms with E-state index >= 15 is 0 Å². The summed E-state index contributed by atoms with van der Waals surface area (Å²) in [6.45, 7) is 2.20. The number of sulfone groups is 1. The second-order valence-corrected chi connectivity index (χ2v) is 10.0.